The summed E-state index contributed by atoms with van der Waals surface area (Å²) in [6, 6.07) is 17.4. The van der Waals surface area contributed by atoms with Crippen LogP contribution in [0.15, 0.2) is 65.3 Å². The maximum absolute atomic E-state index is 12.1. The molecule has 110 valence electrons. The Morgan fingerprint density at radius 1 is 1.09 bits per heavy atom. The molecule has 0 fully saturated rings. The van der Waals surface area contributed by atoms with E-state index in [-0.39, 0.29) is 5.91 Å². The highest BCUT2D eigenvalue weighted by Crippen LogP contribution is 2.22. The topological polar surface area (TPSA) is 42.0 Å². The van der Waals surface area contributed by atoms with Crippen molar-refractivity contribution < 1.29 is 4.79 Å². The van der Waals surface area contributed by atoms with Gasteiger partial charge in [-0.05, 0) is 29.8 Å². The minimum absolute atomic E-state index is 0.145. The van der Waals surface area contributed by atoms with Crippen LogP contribution in [0.5, 0.6) is 0 Å². The summed E-state index contributed by atoms with van der Waals surface area (Å²) in [6.07, 6.45) is 2.64. The Morgan fingerprint density at radius 3 is 2.55 bits per heavy atom. The average molecular weight is 373 g/mol. The number of halogens is 1. The molecule has 22 heavy (non-hydrogen) atoms. The fraction of sp³-hybridized carbons (Fsp3) is 0.0588. The van der Waals surface area contributed by atoms with Crippen molar-refractivity contribution in [3.63, 3.8) is 0 Å². The number of benzene rings is 2. The molecule has 3 nitrogen and oxygen atoms in total. The van der Waals surface area contributed by atoms with Crippen LogP contribution in [0.25, 0.3) is 0 Å². The van der Waals surface area contributed by atoms with Crippen molar-refractivity contribution in [1.82, 2.24) is 4.98 Å². The van der Waals surface area contributed by atoms with Gasteiger partial charge in [-0.1, -0.05) is 46.3 Å². The van der Waals surface area contributed by atoms with Crippen molar-refractivity contribution in [3.05, 3.63) is 81.3 Å². The lowest BCUT2D eigenvalue weighted by Crippen LogP contribution is -2.11. The molecule has 0 atom stereocenters. The second-order valence-corrected chi connectivity index (χ2v) is 6.79. The summed E-state index contributed by atoms with van der Waals surface area (Å²) < 4.78 is 0.948. The number of nitrogens with one attached hydrogen (secondary N) is 1. The highest BCUT2D eigenvalue weighted by atomic mass is 79.9. The Bertz CT molecular complexity index is 769. The van der Waals surface area contributed by atoms with Crippen LogP contribution in [0.4, 0.5) is 5.13 Å². The minimum atomic E-state index is -0.145. The number of anilines is 1. The van der Waals surface area contributed by atoms with Crippen LogP contribution in [-0.4, -0.2) is 10.9 Å². The molecule has 0 aliphatic carbocycles. The summed E-state index contributed by atoms with van der Waals surface area (Å²) in [5.74, 6) is -0.145. The van der Waals surface area contributed by atoms with Gasteiger partial charge in [0.05, 0.1) is 0 Å². The van der Waals surface area contributed by atoms with Gasteiger partial charge in [-0.15, -0.1) is 11.3 Å². The van der Waals surface area contributed by atoms with Gasteiger partial charge in [-0.25, -0.2) is 4.98 Å². The summed E-state index contributed by atoms with van der Waals surface area (Å²) in [6.45, 7) is 0. The molecule has 3 aromatic rings. The van der Waals surface area contributed by atoms with Gasteiger partial charge in [0.25, 0.3) is 5.91 Å². The third-order valence-corrected chi connectivity index (χ3v) is 4.54. The molecule has 0 bridgehead atoms. The molecule has 2 aromatic carbocycles. The van der Waals surface area contributed by atoms with Crippen molar-refractivity contribution in [2.75, 3.05) is 5.32 Å². The van der Waals surface area contributed by atoms with Crippen molar-refractivity contribution in [2.24, 2.45) is 0 Å². The standard InChI is InChI=1S/C17H13BrN2OS/c18-14-8-6-13(7-9-14)16(21)20-17-19-11-15(22-17)10-12-4-2-1-3-5-12/h1-9,11H,10H2,(H,19,20,21). The predicted molar refractivity (Wildman–Crippen MR) is 93.5 cm³/mol. The van der Waals surface area contributed by atoms with Crippen LogP contribution in [0.2, 0.25) is 0 Å². The zero-order valence-corrected chi connectivity index (χ0v) is 14.0. The Morgan fingerprint density at radius 2 is 1.82 bits per heavy atom. The van der Waals surface area contributed by atoms with Crippen LogP contribution in [0.3, 0.4) is 0 Å². The van der Waals surface area contributed by atoms with Gasteiger partial charge in [-0.3, -0.25) is 10.1 Å². The molecule has 1 aromatic heterocycles. The maximum atomic E-state index is 12.1. The van der Waals surface area contributed by atoms with Crippen molar-refractivity contribution in [2.45, 2.75) is 6.42 Å². The number of carbonyl (C=O) groups is 1. The third-order valence-electron chi connectivity index (χ3n) is 3.10. The van der Waals surface area contributed by atoms with Gasteiger partial charge in [0, 0.05) is 27.5 Å². The number of thiazole rings is 1. The zero-order valence-electron chi connectivity index (χ0n) is 11.6. The van der Waals surface area contributed by atoms with E-state index in [2.05, 4.69) is 38.4 Å². The molecule has 0 spiro atoms. The van der Waals surface area contributed by atoms with Crippen LogP contribution in [-0.2, 0) is 6.42 Å². The average Bonchev–Trinajstić information content (AvgIpc) is 2.96. The van der Waals surface area contributed by atoms with Crippen molar-refractivity contribution in [1.29, 1.82) is 0 Å². The highest BCUT2D eigenvalue weighted by Gasteiger charge is 2.09. The second kappa shape index (κ2) is 6.85. The summed E-state index contributed by atoms with van der Waals surface area (Å²) in [5, 5.41) is 3.46. The van der Waals surface area contributed by atoms with Gasteiger partial charge in [-0.2, -0.15) is 0 Å². The number of hydrogen-bond donors (Lipinski definition) is 1. The molecule has 1 amide bonds. The smallest absolute Gasteiger partial charge is 0.257 e. The molecular weight excluding hydrogens is 360 g/mol. The summed E-state index contributed by atoms with van der Waals surface area (Å²) in [4.78, 5) is 17.5. The van der Waals surface area contributed by atoms with Gasteiger partial charge in [0.15, 0.2) is 5.13 Å². The Balaban J connectivity index is 1.66. The van der Waals surface area contributed by atoms with Crippen molar-refractivity contribution in [3.8, 4) is 0 Å². The van der Waals surface area contributed by atoms with Gasteiger partial charge >= 0.3 is 0 Å². The van der Waals surface area contributed by atoms with E-state index in [0.29, 0.717) is 10.7 Å². The van der Waals surface area contributed by atoms with E-state index in [4.69, 9.17) is 0 Å². The molecule has 0 radical (unpaired) electrons. The molecule has 0 aliphatic rings. The predicted octanol–water partition coefficient (Wildman–Crippen LogP) is 4.75. The lowest BCUT2D eigenvalue weighted by atomic mass is 10.1. The molecule has 0 saturated heterocycles. The number of rotatable bonds is 4. The van der Waals surface area contributed by atoms with E-state index in [1.54, 1.807) is 12.1 Å². The molecule has 3 rings (SSSR count). The van der Waals surface area contributed by atoms with E-state index in [1.165, 1.54) is 16.9 Å². The monoisotopic (exact) mass is 372 g/mol. The first kappa shape index (κ1) is 14.9. The Kier molecular flexibility index (Phi) is 4.65. The van der Waals surface area contributed by atoms with E-state index < -0.39 is 0 Å². The molecule has 0 unspecified atom stereocenters. The van der Waals surface area contributed by atoms with Gasteiger partial charge < -0.3 is 0 Å². The maximum Gasteiger partial charge on any atom is 0.257 e. The Labute approximate surface area is 141 Å². The molecular formula is C17H13BrN2OS. The lowest BCUT2D eigenvalue weighted by Gasteiger charge is -2.01. The first-order chi connectivity index (χ1) is 10.7. The van der Waals surface area contributed by atoms with Crippen LogP contribution in [0, 0.1) is 0 Å². The number of hydrogen-bond acceptors (Lipinski definition) is 3. The molecule has 1 N–H and O–H groups in total. The third kappa shape index (κ3) is 3.81. The van der Waals surface area contributed by atoms with Gasteiger partial charge in [0.2, 0.25) is 0 Å². The van der Waals surface area contributed by atoms with Gasteiger partial charge in [0.1, 0.15) is 0 Å². The SMILES string of the molecule is O=C(Nc1ncc(Cc2ccccc2)s1)c1ccc(Br)cc1. The summed E-state index contributed by atoms with van der Waals surface area (Å²) in [7, 11) is 0. The fourth-order valence-electron chi connectivity index (χ4n) is 2.01. The van der Waals surface area contributed by atoms with E-state index in [1.807, 2.05) is 36.5 Å². The summed E-state index contributed by atoms with van der Waals surface area (Å²) in [5.41, 5.74) is 1.85. The van der Waals surface area contributed by atoms with E-state index in [0.717, 1.165) is 15.8 Å². The highest BCUT2D eigenvalue weighted by molar-refractivity contribution is 9.10. The number of carbonyl (C=O) groups excluding carboxylic acids is 1. The van der Waals surface area contributed by atoms with Crippen LogP contribution >= 0.6 is 27.3 Å². The minimum Gasteiger partial charge on any atom is -0.298 e. The van der Waals surface area contributed by atoms with Crippen LogP contribution < -0.4 is 5.32 Å². The van der Waals surface area contributed by atoms with Crippen LogP contribution in [0.1, 0.15) is 20.8 Å². The van der Waals surface area contributed by atoms with E-state index in [9.17, 15) is 4.79 Å². The van der Waals surface area contributed by atoms with E-state index >= 15 is 0 Å². The lowest BCUT2D eigenvalue weighted by molar-refractivity contribution is 0.102. The number of nitrogens with zero attached hydrogens (tertiary/aromatic N) is 1. The quantitative estimate of drug-likeness (QED) is 0.717. The second-order valence-electron chi connectivity index (χ2n) is 4.76. The first-order valence-electron chi connectivity index (χ1n) is 6.76. The first-order valence-corrected chi connectivity index (χ1v) is 8.37. The summed E-state index contributed by atoms with van der Waals surface area (Å²) >= 11 is 4.86. The molecule has 1 heterocycles. The normalized spacial score (nSPS) is 10.4. The van der Waals surface area contributed by atoms with Crippen molar-refractivity contribution >= 4 is 38.3 Å². The molecule has 5 heteroatoms. The Hall–Kier alpha value is -1.98. The molecule has 0 saturated carbocycles. The number of aromatic nitrogens is 1. The number of amides is 1. The molecule has 0 aliphatic heterocycles. The largest absolute Gasteiger partial charge is 0.298 e. The fourth-order valence-corrected chi connectivity index (χ4v) is 3.12. The zero-order chi connectivity index (χ0) is 15.4.